The molecule has 0 saturated carbocycles. The van der Waals surface area contributed by atoms with Crippen molar-refractivity contribution < 1.29 is 4.79 Å². The summed E-state index contributed by atoms with van der Waals surface area (Å²) in [6, 6.07) is 24.3. The molecular formula is C23H20N4O2S. The van der Waals surface area contributed by atoms with Gasteiger partial charge in [0.2, 0.25) is 5.91 Å². The van der Waals surface area contributed by atoms with E-state index in [1.54, 1.807) is 11.5 Å². The van der Waals surface area contributed by atoms with Crippen molar-refractivity contribution in [3.05, 3.63) is 89.2 Å². The van der Waals surface area contributed by atoms with E-state index in [2.05, 4.69) is 10.3 Å². The molecule has 0 fully saturated rings. The molecule has 7 heteroatoms. The fraction of sp³-hybridized carbons (Fsp3) is 0.0870. The Bertz CT molecular complexity index is 1270. The first-order valence-electron chi connectivity index (χ1n) is 9.43. The normalized spacial score (nSPS) is 11.9. The number of nitrogens with two attached hydrogens (primary N) is 1. The zero-order chi connectivity index (χ0) is 21.1. The fourth-order valence-corrected chi connectivity index (χ4v) is 4.12. The molecular weight excluding hydrogens is 396 g/mol. The maximum atomic E-state index is 12.9. The third-order valence-corrected chi connectivity index (χ3v) is 5.69. The van der Waals surface area contributed by atoms with E-state index in [0.717, 1.165) is 22.1 Å². The molecule has 4 rings (SSSR count). The number of anilines is 2. The number of nitrogens with one attached hydrogen (secondary N) is 1. The molecule has 150 valence electrons. The van der Waals surface area contributed by atoms with Crippen LogP contribution in [0.15, 0.2) is 88.8 Å². The lowest BCUT2D eigenvalue weighted by molar-refractivity contribution is -0.115. The van der Waals surface area contributed by atoms with Crippen LogP contribution in [-0.2, 0) is 4.79 Å². The van der Waals surface area contributed by atoms with Gasteiger partial charge in [0.1, 0.15) is 5.82 Å². The number of aromatic nitrogens is 2. The highest BCUT2D eigenvalue weighted by Gasteiger charge is 2.20. The van der Waals surface area contributed by atoms with Crippen LogP contribution in [-0.4, -0.2) is 20.7 Å². The number of nitrogen functional groups attached to an aromatic ring is 1. The Morgan fingerprint density at radius 2 is 1.73 bits per heavy atom. The molecule has 1 aromatic heterocycles. The number of nitrogens with zero attached hydrogens (tertiary/aromatic N) is 2. The van der Waals surface area contributed by atoms with E-state index >= 15 is 0 Å². The molecule has 0 unspecified atom stereocenters. The summed E-state index contributed by atoms with van der Waals surface area (Å²) < 4.78 is 1.67. The van der Waals surface area contributed by atoms with Crippen molar-refractivity contribution >= 4 is 39.9 Å². The number of amides is 1. The Labute approximate surface area is 177 Å². The predicted molar refractivity (Wildman–Crippen MR) is 122 cm³/mol. The minimum Gasteiger partial charge on any atom is -0.385 e. The summed E-state index contributed by atoms with van der Waals surface area (Å²) in [6.07, 6.45) is 0. The molecule has 0 aliphatic carbocycles. The monoisotopic (exact) mass is 416 g/mol. The zero-order valence-electron chi connectivity index (χ0n) is 16.3. The second-order valence-corrected chi connectivity index (χ2v) is 8.06. The average Bonchev–Trinajstić information content (AvgIpc) is 2.74. The van der Waals surface area contributed by atoms with Gasteiger partial charge in [-0.3, -0.25) is 14.2 Å². The number of hydrogen-bond acceptors (Lipinski definition) is 5. The largest absolute Gasteiger partial charge is 0.385 e. The van der Waals surface area contributed by atoms with Crippen LogP contribution < -0.4 is 16.6 Å². The summed E-state index contributed by atoms with van der Waals surface area (Å²) in [5.74, 6) is 0.0815. The van der Waals surface area contributed by atoms with E-state index in [9.17, 15) is 9.59 Å². The van der Waals surface area contributed by atoms with Gasteiger partial charge in [0.05, 0.1) is 5.25 Å². The molecule has 1 amide bonds. The lowest BCUT2D eigenvalue weighted by Gasteiger charge is -2.18. The molecule has 0 radical (unpaired) electrons. The Morgan fingerprint density at radius 3 is 2.53 bits per heavy atom. The van der Waals surface area contributed by atoms with E-state index in [4.69, 9.17) is 5.73 Å². The van der Waals surface area contributed by atoms with Crippen LogP contribution in [0.3, 0.4) is 0 Å². The minimum absolute atomic E-state index is 0.187. The van der Waals surface area contributed by atoms with E-state index < -0.39 is 10.8 Å². The molecule has 1 heterocycles. The molecule has 3 aromatic carbocycles. The molecule has 0 spiro atoms. The molecule has 1 atom stereocenters. The van der Waals surface area contributed by atoms with Gasteiger partial charge in [0.25, 0.3) is 5.56 Å². The Balaban J connectivity index is 1.62. The van der Waals surface area contributed by atoms with Crippen molar-refractivity contribution in [3.63, 3.8) is 0 Å². The maximum Gasteiger partial charge on any atom is 0.275 e. The third kappa shape index (κ3) is 4.06. The van der Waals surface area contributed by atoms with Crippen molar-refractivity contribution in [1.29, 1.82) is 0 Å². The Kier molecular flexibility index (Phi) is 5.54. The average molecular weight is 417 g/mol. The van der Waals surface area contributed by atoms with Gasteiger partial charge in [-0.2, -0.15) is 4.98 Å². The summed E-state index contributed by atoms with van der Waals surface area (Å²) in [5.41, 5.74) is 7.17. The number of benzene rings is 3. The van der Waals surface area contributed by atoms with Gasteiger partial charge < -0.3 is 11.1 Å². The van der Waals surface area contributed by atoms with Crippen LogP contribution in [0, 0.1) is 0 Å². The van der Waals surface area contributed by atoms with Crippen LogP contribution >= 0.6 is 11.8 Å². The number of rotatable bonds is 5. The van der Waals surface area contributed by atoms with E-state index in [0.29, 0.717) is 5.16 Å². The van der Waals surface area contributed by atoms with Crippen LogP contribution in [0.5, 0.6) is 0 Å². The number of carbonyl (C=O) groups is 1. The molecule has 0 aliphatic heterocycles. The third-order valence-electron chi connectivity index (χ3n) is 4.64. The standard InChI is InChI=1S/C23H20N4O2S/c1-15(22(29)25-19-13-7-9-16-8-5-6-12-18(16)19)30-23-26-21(28)14-20(24)27(23)17-10-3-2-4-11-17/h2-15H,24H2,1H3,(H,25,29)/t15-/m1/s1. The lowest BCUT2D eigenvalue weighted by Crippen LogP contribution is -2.24. The van der Waals surface area contributed by atoms with Crippen molar-refractivity contribution in [2.45, 2.75) is 17.3 Å². The van der Waals surface area contributed by atoms with Crippen molar-refractivity contribution in [3.8, 4) is 5.69 Å². The Morgan fingerprint density at radius 1 is 1.03 bits per heavy atom. The highest BCUT2D eigenvalue weighted by molar-refractivity contribution is 8.00. The van der Waals surface area contributed by atoms with Crippen LogP contribution in [0.4, 0.5) is 11.5 Å². The molecule has 0 aliphatic rings. The number of fused-ring (bicyclic) bond motifs is 1. The highest BCUT2D eigenvalue weighted by Crippen LogP contribution is 2.28. The van der Waals surface area contributed by atoms with Gasteiger partial charge in [-0.15, -0.1) is 0 Å². The first-order chi connectivity index (χ1) is 14.5. The molecule has 30 heavy (non-hydrogen) atoms. The maximum absolute atomic E-state index is 12.9. The SMILES string of the molecule is C[C@@H](Sc1nc(=O)cc(N)n1-c1ccccc1)C(=O)Nc1cccc2ccccc12. The first kappa shape index (κ1) is 19.7. The topological polar surface area (TPSA) is 90.0 Å². The number of hydrogen-bond donors (Lipinski definition) is 2. The van der Waals surface area contributed by atoms with Crippen molar-refractivity contribution in [2.24, 2.45) is 0 Å². The molecule has 0 saturated heterocycles. The summed E-state index contributed by atoms with van der Waals surface area (Å²) in [6.45, 7) is 1.77. The summed E-state index contributed by atoms with van der Waals surface area (Å²) in [7, 11) is 0. The molecule has 0 bridgehead atoms. The van der Waals surface area contributed by atoms with Crippen molar-refractivity contribution in [1.82, 2.24) is 9.55 Å². The summed E-state index contributed by atoms with van der Waals surface area (Å²) in [5, 5.41) is 4.86. The van der Waals surface area contributed by atoms with E-state index in [1.807, 2.05) is 72.8 Å². The second kappa shape index (κ2) is 8.42. The second-order valence-electron chi connectivity index (χ2n) is 6.75. The Hall–Kier alpha value is -3.58. The van der Waals surface area contributed by atoms with Crippen LogP contribution in [0.2, 0.25) is 0 Å². The van der Waals surface area contributed by atoms with Gasteiger partial charge in [0.15, 0.2) is 5.16 Å². The van der Waals surface area contributed by atoms with Gasteiger partial charge in [0, 0.05) is 22.8 Å². The summed E-state index contributed by atoms with van der Waals surface area (Å²) >= 11 is 1.19. The number of carbonyl (C=O) groups excluding carboxylic acids is 1. The smallest absolute Gasteiger partial charge is 0.275 e. The van der Waals surface area contributed by atoms with E-state index in [-0.39, 0.29) is 11.7 Å². The molecule has 6 nitrogen and oxygen atoms in total. The first-order valence-corrected chi connectivity index (χ1v) is 10.3. The summed E-state index contributed by atoms with van der Waals surface area (Å²) in [4.78, 5) is 29.0. The zero-order valence-corrected chi connectivity index (χ0v) is 17.1. The number of thioether (sulfide) groups is 1. The molecule has 3 N–H and O–H groups in total. The quantitative estimate of drug-likeness (QED) is 0.378. The minimum atomic E-state index is -0.507. The predicted octanol–water partition coefficient (Wildman–Crippen LogP) is 4.09. The molecule has 4 aromatic rings. The van der Waals surface area contributed by atoms with Gasteiger partial charge >= 0.3 is 0 Å². The van der Waals surface area contributed by atoms with Gasteiger partial charge in [-0.1, -0.05) is 66.4 Å². The lowest BCUT2D eigenvalue weighted by atomic mass is 10.1. The van der Waals surface area contributed by atoms with E-state index in [1.165, 1.54) is 17.8 Å². The van der Waals surface area contributed by atoms with Gasteiger partial charge in [-0.25, -0.2) is 0 Å². The van der Waals surface area contributed by atoms with Crippen molar-refractivity contribution in [2.75, 3.05) is 11.1 Å². The fourth-order valence-electron chi connectivity index (χ4n) is 3.17. The van der Waals surface area contributed by atoms with Crippen LogP contribution in [0.25, 0.3) is 16.5 Å². The van der Waals surface area contributed by atoms with Gasteiger partial charge in [-0.05, 0) is 30.5 Å². The number of para-hydroxylation sites is 1. The van der Waals surface area contributed by atoms with Crippen LogP contribution in [0.1, 0.15) is 6.92 Å². The highest BCUT2D eigenvalue weighted by atomic mass is 32.2.